The highest BCUT2D eigenvalue weighted by molar-refractivity contribution is 6.29. The summed E-state index contributed by atoms with van der Waals surface area (Å²) in [6, 6.07) is 0. The summed E-state index contributed by atoms with van der Waals surface area (Å²) in [4.78, 5) is 2.05. The minimum absolute atomic E-state index is 0.279. The summed E-state index contributed by atoms with van der Waals surface area (Å²) in [7, 11) is 0. The van der Waals surface area contributed by atoms with E-state index in [9.17, 15) is 0 Å². The molecular weight excluding hydrogens is 202 g/mol. The third-order valence-corrected chi connectivity index (χ3v) is 2.42. The first-order valence-electron chi connectivity index (χ1n) is 4.53. The molecule has 0 unspecified atom stereocenters. The van der Waals surface area contributed by atoms with E-state index < -0.39 is 0 Å². The highest BCUT2D eigenvalue weighted by Gasteiger charge is 2.10. The Kier molecular flexibility index (Phi) is 4.10. The van der Waals surface area contributed by atoms with Crippen LogP contribution in [0.4, 0.5) is 0 Å². The fourth-order valence-electron chi connectivity index (χ4n) is 1.20. The minimum atomic E-state index is 0.279. The Labute approximate surface area is 89.1 Å². The number of halogens is 1. The van der Waals surface area contributed by atoms with E-state index in [-0.39, 0.29) is 5.16 Å². The van der Waals surface area contributed by atoms with Crippen LogP contribution >= 0.6 is 11.6 Å². The maximum Gasteiger partial charge on any atom is 0.102 e. The quantitative estimate of drug-likeness (QED) is 0.524. The molecule has 0 radical (unpaired) electrons. The molecule has 0 saturated carbocycles. The molecule has 0 aromatic carbocycles. The summed E-state index contributed by atoms with van der Waals surface area (Å²) in [6.07, 6.45) is 1.79. The second kappa shape index (κ2) is 5.12. The van der Waals surface area contributed by atoms with E-state index in [0.717, 1.165) is 18.7 Å². The molecule has 4 N–H and O–H groups in total. The number of allylic oxidation sites excluding steroid dienone is 2. The molecule has 1 heterocycles. The monoisotopic (exact) mass is 217 g/mol. The Morgan fingerprint density at radius 2 is 1.93 bits per heavy atom. The van der Waals surface area contributed by atoms with Crippen LogP contribution in [-0.2, 0) is 4.74 Å². The van der Waals surface area contributed by atoms with Gasteiger partial charge in [-0.25, -0.2) is 0 Å². The third-order valence-electron chi connectivity index (χ3n) is 2.12. The first-order valence-corrected chi connectivity index (χ1v) is 4.91. The van der Waals surface area contributed by atoms with Crippen molar-refractivity contribution in [2.24, 2.45) is 11.5 Å². The number of nitrogens with zero attached hydrogens (tertiary/aromatic N) is 1. The summed E-state index contributed by atoms with van der Waals surface area (Å²) in [5.41, 5.74) is 12.1. The zero-order valence-corrected chi connectivity index (χ0v) is 9.05. The van der Waals surface area contributed by atoms with Gasteiger partial charge < -0.3 is 21.1 Å². The lowest BCUT2D eigenvalue weighted by Gasteiger charge is -2.28. The van der Waals surface area contributed by atoms with Crippen LogP contribution in [0.1, 0.15) is 6.92 Å². The maximum absolute atomic E-state index is 5.87. The fourth-order valence-corrected chi connectivity index (χ4v) is 1.26. The Morgan fingerprint density at radius 1 is 1.36 bits per heavy atom. The van der Waals surface area contributed by atoms with Crippen LogP contribution in [0.5, 0.6) is 0 Å². The summed E-state index contributed by atoms with van der Waals surface area (Å²) in [6.45, 7) is 4.90. The van der Waals surface area contributed by atoms with Gasteiger partial charge in [0.15, 0.2) is 0 Å². The molecular formula is C9H16ClN3O. The van der Waals surface area contributed by atoms with Crippen LogP contribution in [0, 0.1) is 0 Å². The first kappa shape index (κ1) is 11.2. The van der Waals surface area contributed by atoms with Crippen molar-refractivity contribution in [1.29, 1.82) is 0 Å². The summed E-state index contributed by atoms with van der Waals surface area (Å²) in [5.74, 6) is 0.689. The zero-order valence-electron chi connectivity index (χ0n) is 8.29. The Morgan fingerprint density at radius 3 is 2.43 bits per heavy atom. The molecule has 0 aromatic heterocycles. The normalized spacial score (nSPS) is 20.7. The highest BCUT2D eigenvalue weighted by Crippen LogP contribution is 2.09. The van der Waals surface area contributed by atoms with Crippen LogP contribution in [0.2, 0.25) is 0 Å². The van der Waals surface area contributed by atoms with Crippen molar-refractivity contribution in [1.82, 2.24) is 4.90 Å². The van der Waals surface area contributed by atoms with Gasteiger partial charge in [0.1, 0.15) is 5.16 Å². The number of morpholine rings is 1. The SMILES string of the molecule is CC(C=C(N)N1CCOCC1)=C(N)Cl. The van der Waals surface area contributed by atoms with Gasteiger partial charge in [0.05, 0.1) is 19.0 Å². The third kappa shape index (κ3) is 3.12. The molecule has 5 heteroatoms. The maximum atomic E-state index is 5.87. The lowest BCUT2D eigenvalue weighted by molar-refractivity contribution is 0.0530. The average molecular weight is 218 g/mol. The standard InChI is InChI=1S/C9H16ClN3O/c1-7(9(10)12)6-8(11)13-2-4-14-5-3-13/h6H,2-5,11-12H2,1H3. The average Bonchev–Trinajstić information content (AvgIpc) is 2.19. The van der Waals surface area contributed by atoms with E-state index in [4.69, 9.17) is 27.8 Å². The van der Waals surface area contributed by atoms with Crippen molar-refractivity contribution in [2.45, 2.75) is 6.92 Å². The summed E-state index contributed by atoms with van der Waals surface area (Å²) in [5, 5.41) is 0.279. The van der Waals surface area contributed by atoms with E-state index in [1.807, 2.05) is 11.8 Å². The molecule has 4 nitrogen and oxygen atoms in total. The smallest absolute Gasteiger partial charge is 0.102 e. The van der Waals surface area contributed by atoms with Gasteiger partial charge in [-0.3, -0.25) is 0 Å². The minimum Gasteiger partial charge on any atom is -0.389 e. The summed E-state index contributed by atoms with van der Waals surface area (Å²) >= 11 is 5.63. The second-order valence-electron chi connectivity index (χ2n) is 3.20. The lowest BCUT2D eigenvalue weighted by atomic mass is 10.3. The van der Waals surface area contributed by atoms with Crippen molar-refractivity contribution in [3.63, 3.8) is 0 Å². The number of ether oxygens (including phenoxy) is 1. The molecule has 0 amide bonds. The number of rotatable bonds is 2. The van der Waals surface area contributed by atoms with Crippen LogP contribution in [0.25, 0.3) is 0 Å². The molecule has 1 rings (SSSR count). The highest BCUT2D eigenvalue weighted by atomic mass is 35.5. The van der Waals surface area contributed by atoms with Gasteiger partial charge in [0, 0.05) is 13.1 Å². The molecule has 1 aliphatic rings. The van der Waals surface area contributed by atoms with Crippen LogP contribution in [-0.4, -0.2) is 31.2 Å². The van der Waals surface area contributed by atoms with E-state index in [2.05, 4.69) is 0 Å². The molecule has 0 spiro atoms. The molecule has 0 atom stereocenters. The predicted molar refractivity (Wildman–Crippen MR) is 57.4 cm³/mol. The molecule has 1 fully saturated rings. The number of nitrogens with two attached hydrogens (primary N) is 2. The van der Waals surface area contributed by atoms with Gasteiger partial charge in [-0.2, -0.15) is 0 Å². The van der Waals surface area contributed by atoms with Crippen molar-refractivity contribution in [2.75, 3.05) is 26.3 Å². The van der Waals surface area contributed by atoms with Crippen molar-refractivity contribution in [3.05, 3.63) is 22.6 Å². The van der Waals surface area contributed by atoms with E-state index >= 15 is 0 Å². The van der Waals surface area contributed by atoms with E-state index in [1.54, 1.807) is 6.08 Å². The van der Waals surface area contributed by atoms with E-state index in [1.165, 1.54) is 0 Å². The van der Waals surface area contributed by atoms with Crippen molar-refractivity contribution >= 4 is 11.6 Å². The van der Waals surface area contributed by atoms with Gasteiger partial charge in [-0.05, 0) is 18.6 Å². The lowest BCUT2D eigenvalue weighted by Crippen LogP contribution is -2.38. The largest absolute Gasteiger partial charge is 0.389 e. The van der Waals surface area contributed by atoms with E-state index in [0.29, 0.717) is 19.0 Å². The molecule has 0 aliphatic carbocycles. The predicted octanol–water partition coefficient (Wildman–Crippen LogP) is 0.548. The topological polar surface area (TPSA) is 64.5 Å². The van der Waals surface area contributed by atoms with Crippen LogP contribution in [0.15, 0.2) is 22.6 Å². The Bertz CT molecular complexity index is 253. The molecule has 1 saturated heterocycles. The number of hydrogen-bond acceptors (Lipinski definition) is 4. The second-order valence-corrected chi connectivity index (χ2v) is 3.61. The van der Waals surface area contributed by atoms with Gasteiger partial charge in [-0.15, -0.1) is 0 Å². The van der Waals surface area contributed by atoms with Crippen LogP contribution < -0.4 is 11.5 Å². The Hall–Kier alpha value is -0.870. The zero-order chi connectivity index (χ0) is 10.6. The van der Waals surface area contributed by atoms with Gasteiger partial charge in [0.2, 0.25) is 0 Å². The van der Waals surface area contributed by atoms with Gasteiger partial charge in [-0.1, -0.05) is 11.6 Å². The molecule has 0 bridgehead atoms. The van der Waals surface area contributed by atoms with Crippen molar-refractivity contribution in [3.8, 4) is 0 Å². The molecule has 80 valence electrons. The summed E-state index contributed by atoms with van der Waals surface area (Å²) < 4.78 is 5.22. The first-order chi connectivity index (χ1) is 6.61. The Balaban J connectivity index is 2.63. The molecule has 14 heavy (non-hydrogen) atoms. The van der Waals surface area contributed by atoms with Crippen LogP contribution in [0.3, 0.4) is 0 Å². The fraction of sp³-hybridized carbons (Fsp3) is 0.556. The molecule has 1 aliphatic heterocycles. The number of hydrogen-bond donors (Lipinski definition) is 2. The van der Waals surface area contributed by atoms with Crippen molar-refractivity contribution < 1.29 is 4.74 Å². The molecule has 0 aromatic rings. The van der Waals surface area contributed by atoms with Gasteiger partial charge in [0.25, 0.3) is 0 Å². The van der Waals surface area contributed by atoms with Gasteiger partial charge >= 0.3 is 0 Å².